The molecular weight excluding hydrogens is 568 g/mol. The molecular formula is C34H38N8O3. The first kappa shape index (κ1) is 29.9. The number of rotatable bonds is 9. The van der Waals surface area contributed by atoms with Crippen LogP contribution in [0.25, 0.3) is 21.9 Å². The second kappa shape index (κ2) is 12.8. The van der Waals surface area contributed by atoms with Gasteiger partial charge >= 0.3 is 0 Å². The molecule has 232 valence electrons. The lowest BCUT2D eigenvalue weighted by atomic mass is 10.1. The number of carbonyl (C=O) groups excluding carboxylic acids is 1. The van der Waals surface area contributed by atoms with Gasteiger partial charge in [-0.2, -0.15) is 0 Å². The predicted octanol–water partition coefficient (Wildman–Crippen LogP) is 5.18. The number of fused-ring (bicyclic) bond motifs is 3. The van der Waals surface area contributed by atoms with E-state index in [1.807, 2.05) is 86.1 Å². The van der Waals surface area contributed by atoms with Gasteiger partial charge in [-0.25, -0.2) is 15.0 Å². The minimum absolute atomic E-state index is 0.129. The molecule has 5 aromatic rings. The molecule has 1 aliphatic heterocycles. The quantitative estimate of drug-likeness (QED) is 0.219. The molecule has 3 heterocycles. The van der Waals surface area contributed by atoms with Gasteiger partial charge in [0.05, 0.1) is 34.6 Å². The largest absolute Gasteiger partial charge is 0.489 e. The number of nitrogens with zero attached hydrogens (tertiary/aromatic N) is 6. The van der Waals surface area contributed by atoms with Crippen LogP contribution < -0.4 is 25.0 Å². The summed E-state index contributed by atoms with van der Waals surface area (Å²) in [7, 11) is 5.90. The zero-order valence-electron chi connectivity index (χ0n) is 26.2. The first-order valence-electron chi connectivity index (χ1n) is 15.0. The van der Waals surface area contributed by atoms with Crippen molar-refractivity contribution in [1.82, 2.24) is 29.7 Å². The lowest BCUT2D eigenvalue weighted by molar-refractivity contribution is -0.117. The second-order valence-corrected chi connectivity index (χ2v) is 11.5. The Morgan fingerprint density at radius 1 is 1.11 bits per heavy atom. The van der Waals surface area contributed by atoms with E-state index in [0.717, 1.165) is 62.7 Å². The summed E-state index contributed by atoms with van der Waals surface area (Å²) in [5.41, 5.74) is 5.49. The van der Waals surface area contributed by atoms with Crippen LogP contribution in [-0.4, -0.2) is 76.7 Å². The minimum Gasteiger partial charge on any atom is -0.489 e. The van der Waals surface area contributed by atoms with Gasteiger partial charge in [0.1, 0.15) is 36.0 Å². The normalized spacial score (nSPS) is 14.9. The van der Waals surface area contributed by atoms with Crippen LogP contribution in [0.4, 0.5) is 17.2 Å². The average Bonchev–Trinajstić information content (AvgIpc) is 3.29. The molecule has 0 saturated carbocycles. The van der Waals surface area contributed by atoms with Crippen LogP contribution in [0.5, 0.6) is 17.2 Å². The van der Waals surface area contributed by atoms with Crippen LogP contribution in [0.2, 0.25) is 0 Å². The van der Waals surface area contributed by atoms with E-state index in [9.17, 15) is 4.79 Å². The van der Waals surface area contributed by atoms with Crippen molar-refractivity contribution >= 4 is 45.0 Å². The molecule has 45 heavy (non-hydrogen) atoms. The lowest BCUT2D eigenvalue weighted by Crippen LogP contribution is -2.45. The van der Waals surface area contributed by atoms with E-state index in [-0.39, 0.29) is 11.9 Å². The van der Waals surface area contributed by atoms with E-state index in [4.69, 9.17) is 9.47 Å². The van der Waals surface area contributed by atoms with Crippen LogP contribution >= 0.6 is 0 Å². The maximum Gasteiger partial charge on any atom is 0.244 e. The number of aryl methyl sites for hydroxylation is 2. The Morgan fingerprint density at radius 3 is 2.78 bits per heavy atom. The molecule has 0 aliphatic carbocycles. The van der Waals surface area contributed by atoms with Crippen molar-refractivity contribution in [3.63, 3.8) is 0 Å². The van der Waals surface area contributed by atoms with Gasteiger partial charge in [-0.3, -0.25) is 4.79 Å². The molecule has 0 radical (unpaired) electrons. The van der Waals surface area contributed by atoms with Crippen molar-refractivity contribution < 1.29 is 14.3 Å². The van der Waals surface area contributed by atoms with E-state index < -0.39 is 0 Å². The van der Waals surface area contributed by atoms with Crippen molar-refractivity contribution in [3.8, 4) is 17.2 Å². The number of likely N-dealkylation sites (N-methyl/N-ethyl adjacent to an activating group) is 2. The van der Waals surface area contributed by atoms with Crippen molar-refractivity contribution in [3.05, 3.63) is 78.9 Å². The molecule has 0 spiro atoms. The summed E-state index contributed by atoms with van der Waals surface area (Å²) in [6.45, 7) is 6.54. The average molecular weight is 607 g/mol. The van der Waals surface area contributed by atoms with E-state index in [0.29, 0.717) is 25.5 Å². The number of ether oxygens (including phenoxy) is 2. The highest BCUT2D eigenvalue weighted by Crippen LogP contribution is 2.37. The molecule has 3 aromatic carbocycles. The Balaban J connectivity index is 1.20. The number of aromatic nitrogens is 4. The van der Waals surface area contributed by atoms with Gasteiger partial charge in [-0.15, -0.1) is 0 Å². The molecule has 1 aliphatic rings. The standard InChI is InChI=1S/C34H38N8O3/c1-6-42-18-24(38-33(43)8-7-13-40(3)4)19-44-32-17-27-26(16-30(32)42)34(36-20-35-27)39-23-9-12-31(22(2)14-23)45-25-10-11-29-28(15-25)37-21-41(29)5/h7-12,14-17,20-21,24H,6,13,18-19H2,1-5H3,(H,38,43)(H,35,36,39)/b8-7+/t24-/m0/s1. The zero-order chi connectivity index (χ0) is 31.5. The van der Waals surface area contributed by atoms with E-state index >= 15 is 0 Å². The molecule has 0 bridgehead atoms. The number of amides is 1. The number of benzene rings is 3. The topological polar surface area (TPSA) is 110 Å². The van der Waals surface area contributed by atoms with Gasteiger partial charge in [0.25, 0.3) is 0 Å². The highest BCUT2D eigenvalue weighted by atomic mass is 16.5. The second-order valence-electron chi connectivity index (χ2n) is 11.5. The number of hydrogen-bond donors (Lipinski definition) is 2. The van der Waals surface area contributed by atoms with Gasteiger partial charge in [0.2, 0.25) is 5.91 Å². The van der Waals surface area contributed by atoms with Gasteiger partial charge in [0, 0.05) is 56.0 Å². The SMILES string of the molecule is CCN1C[C@H](NC(=O)/C=C/CN(C)C)COc2cc3ncnc(Nc4ccc(Oc5ccc6c(c5)ncn6C)c(C)c4)c3cc21. The Kier molecular flexibility index (Phi) is 8.52. The zero-order valence-corrected chi connectivity index (χ0v) is 26.2. The van der Waals surface area contributed by atoms with E-state index in [2.05, 4.69) is 43.5 Å². The third-order valence-electron chi connectivity index (χ3n) is 7.77. The molecule has 11 nitrogen and oxygen atoms in total. The summed E-state index contributed by atoms with van der Waals surface area (Å²) in [4.78, 5) is 30.3. The van der Waals surface area contributed by atoms with Crippen LogP contribution in [0, 0.1) is 6.92 Å². The highest BCUT2D eigenvalue weighted by Gasteiger charge is 2.24. The number of hydrogen-bond acceptors (Lipinski definition) is 9. The van der Waals surface area contributed by atoms with Crippen molar-refractivity contribution in [1.29, 1.82) is 0 Å². The summed E-state index contributed by atoms with van der Waals surface area (Å²) < 4.78 is 14.4. The minimum atomic E-state index is -0.171. The first-order chi connectivity index (χ1) is 21.8. The molecule has 2 aromatic heterocycles. The summed E-state index contributed by atoms with van der Waals surface area (Å²) in [5.74, 6) is 2.79. The van der Waals surface area contributed by atoms with Gasteiger partial charge in [-0.05, 0) is 69.9 Å². The maximum absolute atomic E-state index is 12.5. The fourth-order valence-electron chi connectivity index (χ4n) is 5.43. The number of carbonyl (C=O) groups is 1. The van der Waals surface area contributed by atoms with Gasteiger partial charge in [0.15, 0.2) is 0 Å². The van der Waals surface area contributed by atoms with Crippen LogP contribution in [0.1, 0.15) is 12.5 Å². The number of nitrogens with one attached hydrogen (secondary N) is 2. The van der Waals surface area contributed by atoms with Gasteiger partial charge in [-0.1, -0.05) is 6.08 Å². The molecule has 2 N–H and O–H groups in total. The van der Waals surface area contributed by atoms with Gasteiger partial charge < -0.3 is 34.5 Å². The Bertz CT molecular complexity index is 1880. The number of anilines is 3. The van der Waals surface area contributed by atoms with Crippen LogP contribution in [-0.2, 0) is 11.8 Å². The molecule has 0 saturated heterocycles. The van der Waals surface area contributed by atoms with Crippen LogP contribution in [0.3, 0.4) is 0 Å². The fourth-order valence-corrected chi connectivity index (χ4v) is 5.43. The monoisotopic (exact) mass is 606 g/mol. The molecule has 0 fully saturated rings. The highest BCUT2D eigenvalue weighted by molar-refractivity contribution is 5.95. The van der Waals surface area contributed by atoms with Crippen molar-refractivity contribution in [2.45, 2.75) is 19.9 Å². The maximum atomic E-state index is 12.5. The fraction of sp³-hybridized carbons (Fsp3) is 0.294. The smallest absolute Gasteiger partial charge is 0.244 e. The van der Waals surface area contributed by atoms with E-state index in [1.54, 1.807) is 18.7 Å². The van der Waals surface area contributed by atoms with Crippen molar-refractivity contribution in [2.75, 3.05) is 50.6 Å². The first-order valence-corrected chi connectivity index (χ1v) is 15.0. The van der Waals surface area contributed by atoms with Crippen molar-refractivity contribution in [2.24, 2.45) is 7.05 Å². The predicted molar refractivity (Wildman–Crippen MR) is 178 cm³/mol. The summed E-state index contributed by atoms with van der Waals surface area (Å²) >= 11 is 0. The molecule has 6 rings (SSSR count). The summed E-state index contributed by atoms with van der Waals surface area (Å²) in [6.07, 6.45) is 6.78. The molecule has 1 amide bonds. The third-order valence-corrected chi connectivity index (χ3v) is 7.77. The Hall–Kier alpha value is -5.16. The molecule has 0 unspecified atom stereocenters. The number of imidazole rings is 1. The third kappa shape index (κ3) is 6.68. The molecule has 1 atom stereocenters. The Labute approximate surface area is 262 Å². The summed E-state index contributed by atoms with van der Waals surface area (Å²) in [6, 6.07) is 15.7. The summed E-state index contributed by atoms with van der Waals surface area (Å²) in [5, 5.41) is 7.43. The molecule has 11 heteroatoms. The van der Waals surface area contributed by atoms with Crippen LogP contribution in [0.15, 0.2) is 73.3 Å². The Morgan fingerprint density at radius 2 is 1.98 bits per heavy atom. The lowest BCUT2D eigenvalue weighted by Gasteiger charge is -2.25. The van der Waals surface area contributed by atoms with E-state index in [1.165, 1.54) is 0 Å².